The van der Waals surface area contributed by atoms with Gasteiger partial charge in [0.1, 0.15) is 0 Å². The summed E-state index contributed by atoms with van der Waals surface area (Å²) in [5.74, 6) is -0.364. The van der Waals surface area contributed by atoms with Gasteiger partial charge in [-0.15, -0.1) is 12.4 Å². The molecular formula is C15H22Cl3N3O2. The third kappa shape index (κ3) is 7.40. The minimum atomic E-state index is -0.321. The van der Waals surface area contributed by atoms with Crippen LogP contribution < -0.4 is 10.6 Å². The molecule has 2 amide bonds. The summed E-state index contributed by atoms with van der Waals surface area (Å²) in [6.45, 7) is 3.06. The Morgan fingerprint density at radius 3 is 2.35 bits per heavy atom. The summed E-state index contributed by atoms with van der Waals surface area (Å²) in [4.78, 5) is 25.6. The van der Waals surface area contributed by atoms with E-state index < -0.39 is 0 Å². The second-order valence-corrected chi connectivity index (χ2v) is 5.57. The highest BCUT2D eigenvalue weighted by atomic mass is 35.5. The van der Waals surface area contributed by atoms with Crippen molar-refractivity contribution in [3.05, 3.63) is 28.2 Å². The van der Waals surface area contributed by atoms with Crippen molar-refractivity contribution in [2.75, 3.05) is 32.0 Å². The molecule has 0 bridgehead atoms. The Morgan fingerprint density at radius 2 is 1.83 bits per heavy atom. The zero-order chi connectivity index (χ0) is 16.5. The van der Waals surface area contributed by atoms with E-state index in [1.54, 1.807) is 18.2 Å². The first-order valence-electron chi connectivity index (χ1n) is 7.15. The van der Waals surface area contributed by atoms with E-state index in [0.29, 0.717) is 28.7 Å². The molecule has 0 unspecified atom stereocenters. The molecule has 0 spiro atoms. The predicted molar refractivity (Wildman–Crippen MR) is 97.8 cm³/mol. The van der Waals surface area contributed by atoms with Gasteiger partial charge in [0, 0.05) is 13.0 Å². The molecule has 0 aromatic heterocycles. The van der Waals surface area contributed by atoms with Crippen molar-refractivity contribution in [3.63, 3.8) is 0 Å². The van der Waals surface area contributed by atoms with Gasteiger partial charge < -0.3 is 15.5 Å². The van der Waals surface area contributed by atoms with Crippen LogP contribution in [0.25, 0.3) is 0 Å². The van der Waals surface area contributed by atoms with E-state index in [1.807, 2.05) is 14.0 Å². The van der Waals surface area contributed by atoms with Crippen molar-refractivity contribution >= 4 is 53.1 Å². The Bertz CT molecular complexity index is 506. The molecule has 0 aliphatic rings. The largest absolute Gasteiger partial charge is 0.334 e. The molecule has 1 aromatic rings. The number of carbonyl (C=O) groups excluding carboxylic acids is 2. The molecule has 23 heavy (non-hydrogen) atoms. The fourth-order valence-corrected chi connectivity index (χ4v) is 2.41. The third-order valence-electron chi connectivity index (χ3n) is 3.11. The topological polar surface area (TPSA) is 61.4 Å². The zero-order valence-corrected chi connectivity index (χ0v) is 15.5. The molecule has 130 valence electrons. The van der Waals surface area contributed by atoms with Crippen molar-refractivity contribution < 1.29 is 9.59 Å². The van der Waals surface area contributed by atoms with Gasteiger partial charge in [0.2, 0.25) is 11.8 Å². The van der Waals surface area contributed by atoms with Crippen molar-refractivity contribution in [1.82, 2.24) is 10.2 Å². The van der Waals surface area contributed by atoms with Crippen LogP contribution in [0.2, 0.25) is 10.0 Å². The number of anilines is 1. The molecule has 0 atom stereocenters. The maximum Gasteiger partial charge on any atom is 0.244 e. The monoisotopic (exact) mass is 381 g/mol. The summed E-state index contributed by atoms with van der Waals surface area (Å²) in [5.41, 5.74) is 0.370. The number of halogens is 3. The number of amides is 2. The Kier molecular flexibility index (Phi) is 11.0. The van der Waals surface area contributed by atoms with Gasteiger partial charge >= 0.3 is 0 Å². The number of carbonyl (C=O) groups is 2. The second-order valence-electron chi connectivity index (χ2n) is 4.76. The molecule has 8 heteroatoms. The van der Waals surface area contributed by atoms with Gasteiger partial charge in [-0.2, -0.15) is 0 Å². The van der Waals surface area contributed by atoms with Crippen LogP contribution in [0.3, 0.4) is 0 Å². The molecule has 5 nitrogen and oxygen atoms in total. The van der Waals surface area contributed by atoms with Crippen molar-refractivity contribution in [2.45, 2.75) is 19.8 Å². The predicted octanol–water partition coefficient (Wildman–Crippen LogP) is 3.20. The lowest BCUT2D eigenvalue weighted by Gasteiger charge is -2.20. The Hall–Kier alpha value is -1.01. The summed E-state index contributed by atoms with van der Waals surface area (Å²) >= 11 is 12.0. The Morgan fingerprint density at radius 1 is 1.22 bits per heavy atom. The summed E-state index contributed by atoms with van der Waals surface area (Å²) in [6.07, 6.45) is 1.15. The fourth-order valence-electron chi connectivity index (χ4n) is 1.92. The normalized spacial score (nSPS) is 9.91. The molecule has 0 aliphatic heterocycles. The molecule has 0 saturated heterocycles. The zero-order valence-electron chi connectivity index (χ0n) is 13.2. The van der Waals surface area contributed by atoms with Crippen LogP contribution in [-0.2, 0) is 9.59 Å². The van der Waals surface area contributed by atoms with Gasteiger partial charge in [-0.25, -0.2) is 0 Å². The standard InChI is InChI=1S/C15H21Cl2N3O2.ClH/c1-3-20(14(22)8-5-9-18-2)10-13(21)19-15-11(16)6-4-7-12(15)17;/h4,6-7,18H,3,5,8-10H2,1-2H3,(H,19,21);1H. The minimum Gasteiger partial charge on any atom is -0.334 e. The van der Waals surface area contributed by atoms with Crippen LogP contribution >= 0.6 is 35.6 Å². The lowest BCUT2D eigenvalue weighted by atomic mass is 10.2. The Labute approximate surface area is 153 Å². The average Bonchev–Trinajstić information content (AvgIpc) is 2.48. The van der Waals surface area contributed by atoms with E-state index in [1.165, 1.54) is 4.90 Å². The molecule has 0 fully saturated rings. The molecule has 0 saturated carbocycles. The second kappa shape index (κ2) is 11.5. The van der Waals surface area contributed by atoms with Crippen LogP contribution in [0, 0.1) is 0 Å². The van der Waals surface area contributed by atoms with Gasteiger partial charge in [0.15, 0.2) is 0 Å². The van der Waals surface area contributed by atoms with Crippen LogP contribution in [0.5, 0.6) is 0 Å². The van der Waals surface area contributed by atoms with Crippen molar-refractivity contribution in [1.29, 1.82) is 0 Å². The van der Waals surface area contributed by atoms with E-state index in [-0.39, 0.29) is 30.8 Å². The quantitative estimate of drug-likeness (QED) is 0.679. The smallest absolute Gasteiger partial charge is 0.244 e. The number of hydrogen-bond donors (Lipinski definition) is 2. The van der Waals surface area contributed by atoms with Crippen molar-refractivity contribution in [2.24, 2.45) is 0 Å². The van der Waals surface area contributed by atoms with Gasteiger partial charge in [-0.1, -0.05) is 29.3 Å². The molecule has 0 aliphatic carbocycles. The van der Waals surface area contributed by atoms with E-state index in [2.05, 4.69) is 10.6 Å². The van der Waals surface area contributed by atoms with E-state index >= 15 is 0 Å². The first-order valence-corrected chi connectivity index (χ1v) is 7.91. The highest BCUT2D eigenvalue weighted by Gasteiger charge is 2.16. The molecule has 1 aromatic carbocycles. The summed E-state index contributed by atoms with van der Waals surface area (Å²) in [5, 5.41) is 6.37. The highest BCUT2D eigenvalue weighted by molar-refractivity contribution is 6.39. The number of benzene rings is 1. The van der Waals surface area contributed by atoms with Gasteiger partial charge in [0.25, 0.3) is 0 Å². The molecule has 0 heterocycles. The summed E-state index contributed by atoms with van der Waals surface area (Å²) < 4.78 is 0. The highest BCUT2D eigenvalue weighted by Crippen LogP contribution is 2.29. The maximum absolute atomic E-state index is 12.1. The molecule has 1 rings (SSSR count). The van der Waals surface area contributed by atoms with Gasteiger partial charge in [-0.3, -0.25) is 9.59 Å². The van der Waals surface area contributed by atoms with Gasteiger partial charge in [-0.05, 0) is 39.1 Å². The summed E-state index contributed by atoms with van der Waals surface area (Å²) in [6, 6.07) is 4.98. The third-order valence-corrected chi connectivity index (χ3v) is 3.74. The van der Waals surface area contributed by atoms with Crippen LogP contribution in [-0.4, -0.2) is 43.4 Å². The molecule has 2 N–H and O–H groups in total. The molecule has 0 radical (unpaired) electrons. The lowest BCUT2D eigenvalue weighted by Crippen LogP contribution is -2.38. The van der Waals surface area contributed by atoms with E-state index in [9.17, 15) is 9.59 Å². The van der Waals surface area contributed by atoms with Gasteiger partial charge in [0.05, 0.1) is 22.3 Å². The maximum atomic E-state index is 12.1. The number of nitrogens with one attached hydrogen (secondary N) is 2. The van der Waals surface area contributed by atoms with Crippen molar-refractivity contribution in [3.8, 4) is 0 Å². The minimum absolute atomic E-state index is 0. The summed E-state index contributed by atoms with van der Waals surface area (Å²) in [7, 11) is 1.84. The van der Waals surface area contributed by atoms with Crippen LogP contribution in [0.15, 0.2) is 18.2 Å². The number of para-hydroxylation sites is 1. The number of nitrogens with zero attached hydrogens (tertiary/aromatic N) is 1. The van der Waals surface area contributed by atoms with Crippen LogP contribution in [0.4, 0.5) is 5.69 Å². The Balaban J connectivity index is 0.00000484. The average molecular weight is 383 g/mol. The fraction of sp³-hybridized carbons (Fsp3) is 0.467. The van der Waals surface area contributed by atoms with Crippen LogP contribution in [0.1, 0.15) is 19.8 Å². The number of likely N-dealkylation sites (N-methyl/N-ethyl adjacent to an activating group) is 1. The SMILES string of the molecule is CCN(CC(=O)Nc1c(Cl)cccc1Cl)C(=O)CCCNC.Cl. The number of hydrogen-bond acceptors (Lipinski definition) is 3. The number of rotatable bonds is 8. The molecular weight excluding hydrogens is 361 g/mol. The van der Waals surface area contributed by atoms with E-state index in [4.69, 9.17) is 23.2 Å². The van der Waals surface area contributed by atoms with E-state index in [0.717, 1.165) is 13.0 Å². The lowest BCUT2D eigenvalue weighted by molar-refractivity contribution is -0.134. The first kappa shape index (κ1) is 22.0. The first-order chi connectivity index (χ1) is 10.5.